The molecule has 0 unspecified atom stereocenters. The minimum Gasteiger partial charge on any atom is -0.464 e. The Morgan fingerprint density at radius 3 is 2.85 bits per heavy atom. The minimum absolute atomic E-state index is 0.00972. The van der Waals surface area contributed by atoms with Crippen LogP contribution in [0.4, 0.5) is 13.2 Å². The van der Waals surface area contributed by atoms with Crippen molar-refractivity contribution in [1.82, 2.24) is 5.48 Å². The maximum atomic E-state index is 11.6. The molecule has 0 saturated heterocycles. The highest BCUT2D eigenvalue weighted by molar-refractivity contribution is 5.72. The van der Waals surface area contributed by atoms with Crippen molar-refractivity contribution in [3.8, 4) is 0 Å². The molecule has 0 aromatic rings. The van der Waals surface area contributed by atoms with Gasteiger partial charge in [-0.3, -0.25) is 4.84 Å². The van der Waals surface area contributed by atoms with E-state index in [-0.39, 0.29) is 6.02 Å². The highest BCUT2D eigenvalue weighted by Gasteiger charge is 2.28. The summed E-state index contributed by atoms with van der Waals surface area (Å²) in [4.78, 5) is 7.85. The standard InChI is InChI=1S/C6H9F3N2O2/c7-6(8,9)4-13-11-5-10-2-1-3-12-5/h1-4H2,(H,10,11). The Morgan fingerprint density at radius 2 is 2.31 bits per heavy atom. The van der Waals surface area contributed by atoms with Crippen LogP contribution in [0.3, 0.4) is 0 Å². The highest BCUT2D eigenvalue weighted by atomic mass is 19.4. The van der Waals surface area contributed by atoms with Crippen molar-refractivity contribution in [2.75, 3.05) is 19.8 Å². The third-order valence-electron chi connectivity index (χ3n) is 1.19. The smallest absolute Gasteiger partial charge is 0.414 e. The van der Waals surface area contributed by atoms with Gasteiger partial charge in [0.25, 0.3) is 0 Å². The fourth-order valence-electron chi connectivity index (χ4n) is 0.701. The molecule has 0 aromatic carbocycles. The van der Waals surface area contributed by atoms with E-state index in [2.05, 4.69) is 9.83 Å². The van der Waals surface area contributed by atoms with Crippen LogP contribution in [0.5, 0.6) is 0 Å². The number of nitrogens with one attached hydrogen (secondary N) is 1. The number of hydroxylamine groups is 1. The Hall–Kier alpha value is -0.980. The van der Waals surface area contributed by atoms with E-state index in [0.29, 0.717) is 13.2 Å². The molecule has 0 radical (unpaired) electrons. The summed E-state index contributed by atoms with van der Waals surface area (Å²) in [6.45, 7) is -0.381. The van der Waals surface area contributed by atoms with Crippen LogP contribution >= 0.6 is 0 Å². The molecule has 1 aliphatic heterocycles. The van der Waals surface area contributed by atoms with E-state index in [1.165, 1.54) is 0 Å². The first-order valence-corrected chi connectivity index (χ1v) is 3.70. The first-order chi connectivity index (χ1) is 6.08. The molecule has 0 aromatic heterocycles. The number of nitrogens with zero attached hydrogens (tertiary/aromatic N) is 1. The van der Waals surface area contributed by atoms with E-state index in [1.807, 2.05) is 5.48 Å². The Balaban J connectivity index is 2.15. The fraction of sp³-hybridized carbons (Fsp3) is 0.833. The molecule has 1 heterocycles. The number of alkyl halides is 3. The van der Waals surface area contributed by atoms with Gasteiger partial charge in [-0.2, -0.15) is 13.2 Å². The average molecular weight is 198 g/mol. The van der Waals surface area contributed by atoms with Crippen molar-refractivity contribution < 1.29 is 22.7 Å². The molecule has 76 valence electrons. The van der Waals surface area contributed by atoms with Crippen LogP contribution in [-0.4, -0.2) is 32.0 Å². The van der Waals surface area contributed by atoms with Crippen LogP contribution in [0, 0.1) is 0 Å². The zero-order valence-corrected chi connectivity index (χ0v) is 6.73. The molecule has 0 aliphatic carbocycles. The molecule has 1 rings (SSSR count). The summed E-state index contributed by atoms with van der Waals surface area (Å²) in [5.74, 6) is 0. The number of amidine groups is 1. The molecule has 0 amide bonds. The van der Waals surface area contributed by atoms with Crippen molar-refractivity contribution in [3.63, 3.8) is 0 Å². The van der Waals surface area contributed by atoms with Gasteiger partial charge in [0, 0.05) is 13.0 Å². The molecule has 0 fully saturated rings. The lowest BCUT2D eigenvalue weighted by Crippen LogP contribution is -2.33. The molecular formula is C6H9F3N2O2. The number of ether oxygens (including phenoxy) is 1. The van der Waals surface area contributed by atoms with E-state index in [1.54, 1.807) is 0 Å². The van der Waals surface area contributed by atoms with Crippen LogP contribution in [-0.2, 0) is 9.57 Å². The topological polar surface area (TPSA) is 42.8 Å². The molecule has 0 spiro atoms. The minimum atomic E-state index is -4.35. The van der Waals surface area contributed by atoms with Crippen molar-refractivity contribution in [1.29, 1.82) is 0 Å². The first-order valence-electron chi connectivity index (χ1n) is 3.70. The van der Waals surface area contributed by atoms with Crippen molar-refractivity contribution in [3.05, 3.63) is 0 Å². The van der Waals surface area contributed by atoms with E-state index in [0.717, 1.165) is 6.42 Å². The number of aliphatic imine (C=N–C) groups is 1. The largest absolute Gasteiger partial charge is 0.464 e. The zero-order valence-electron chi connectivity index (χ0n) is 6.73. The molecule has 0 saturated carbocycles. The van der Waals surface area contributed by atoms with Gasteiger partial charge in [-0.1, -0.05) is 0 Å². The second-order valence-electron chi connectivity index (χ2n) is 2.39. The van der Waals surface area contributed by atoms with Gasteiger partial charge < -0.3 is 4.74 Å². The molecule has 13 heavy (non-hydrogen) atoms. The predicted octanol–water partition coefficient (Wildman–Crippen LogP) is 0.846. The number of halogens is 3. The highest BCUT2D eigenvalue weighted by Crippen LogP contribution is 2.13. The van der Waals surface area contributed by atoms with Crippen LogP contribution in [0.15, 0.2) is 4.99 Å². The Bertz CT molecular complexity index is 193. The van der Waals surface area contributed by atoms with Gasteiger partial charge in [-0.25, -0.2) is 10.5 Å². The summed E-state index contributed by atoms with van der Waals surface area (Å²) < 4.78 is 39.5. The molecule has 1 aliphatic rings. The van der Waals surface area contributed by atoms with E-state index in [9.17, 15) is 13.2 Å². The number of rotatable bonds is 2. The van der Waals surface area contributed by atoms with Gasteiger partial charge in [-0.05, 0) is 0 Å². The number of hydrogen-bond donors (Lipinski definition) is 1. The van der Waals surface area contributed by atoms with Crippen molar-refractivity contribution in [2.24, 2.45) is 4.99 Å². The van der Waals surface area contributed by atoms with Crippen LogP contribution in [0.2, 0.25) is 0 Å². The zero-order chi connectivity index (χ0) is 9.73. The lowest BCUT2D eigenvalue weighted by atomic mass is 10.4. The van der Waals surface area contributed by atoms with E-state index < -0.39 is 12.8 Å². The van der Waals surface area contributed by atoms with Gasteiger partial charge >= 0.3 is 12.2 Å². The van der Waals surface area contributed by atoms with Crippen molar-refractivity contribution in [2.45, 2.75) is 12.6 Å². The van der Waals surface area contributed by atoms with Crippen LogP contribution in [0.1, 0.15) is 6.42 Å². The lowest BCUT2D eigenvalue weighted by molar-refractivity contribution is -0.184. The first kappa shape index (κ1) is 10.1. The third kappa shape index (κ3) is 4.56. The average Bonchev–Trinajstić information content (AvgIpc) is 2.04. The van der Waals surface area contributed by atoms with E-state index in [4.69, 9.17) is 4.74 Å². The fourth-order valence-corrected chi connectivity index (χ4v) is 0.701. The van der Waals surface area contributed by atoms with Crippen LogP contribution in [0.25, 0.3) is 0 Å². The predicted molar refractivity (Wildman–Crippen MR) is 38.0 cm³/mol. The quantitative estimate of drug-likeness (QED) is 0.669. The monoisotopic (exact) mass is 198 g/mol. The molecule has 7 heteroatoms. The van der Waals surface area contributed by atoms with Gasteiger partial charge in [0.15, 0.2) is 6.61 Å². The summed E-state index contributed by atoms with van der Waals surface area (Å²) in [6, 6.07) is 0.00972. The summed E-state index contributed by atoms with van der Waals surface area (Å²) in [5, 5.41) is 0. The van der Waals surface area contributed by atoms with Gasteiger partial charge in [0.1, 0.15) is 0 Å². The van der Waals surface area contributed by atoms with Crippen LogP contribution < -0.4 is 5.48 Å². The second-order valence-corrected chi connectivity index (χ2v) is 2.39. The molecule has 0 atom stereocenters. The van der Waals surface area contributed by atoms with Gasteiger partial charge in [0.05, 0.1) is 6.61 Å². The number of hydrogen-bond acceptors (Lipinski definition) is 4. The Labute approximate surface area is 72.7 Å². The molecule has 0 bridgehead atoms. The third-order valence-corrected chi connectivity index (χ3v) is 1.19. The maximum absolute atomic E-state index is 11.6. The summed E-state index contributed by atoms with van der Waals surface area (Å²) in [7, 11) is 0. The maximum Gasteiger partial charge on any atom is 0.414 e. The molecule has 4 nitrogen and oxygen atoms in total. The van der Waals surface area contributed by atoms with Gasteiger partial charge in [0.2, 0.25) is 0 Å². The summed E-state index contributed by atoms with van der Waals surface area (Å²) in [6.07, 6.45) is -3.58. The second kappa shape index (κ2) is 4.31. The van der Waals surface area contributed by atoms with Crippen molar-refractivity contribution >= 4 is 6.02 Å². The van der Waals surface area contributed by atoms with E-state index >= 15 is 0 Å². The normalized spacial score (nSPS) is 17.6. The Kier molecular flexibility index (Phi) is 3.35. The van der Waals surface area contributed by atoms with Gasteiger partial charge in [-0.15, -0.1) is 0 Å². The summed E-state index contributed by atoms with van der Waals surface area (Å²) >= 11 is 0. The SMILES string of the molecule is FC(F)(F)CONC1=NCCCO1. The summed E-state index contributed by atoms with van der Waals surface area (Å²) in [5.41, 5.74) is 1.99. The Morgan fingerprint density at radius 1 is 1.54 bits per heavy atom. The molecule has 1 N–H and O–H groups in total. The lowest BCUT2D eigenvalue weighted by Gasteiger charge is -2.15. The molecular weight excluding hydrogens is 189 g/mol.